The maximum atomic E-state index is 16.2. The van der Waals surface area contributed by atoms with Gasteiger partial charge in [0.25, 0.3) is 0 Å². The van der Waals surface area contributed by atoms with E-state index in [2.05, 4.69) is 45.0 Å². The summed E-state index contributed by atoms with van der Waals surface area (Å²) in [6.07, 6.45) is 7.52. The summed E-state index contributed by atoms with van der Waals surface area (Å²) in [5.74, 6) is -2.68. The van der Waals surface area contributed by atoms with Gasteiger partial charge >= 0.3 is 5.97 Å². The van der Waals surface area contributed by atoms with Gasteiger partial charge in [-0.3, -0.25) is 24.6 Å². The summed E-state index contributed by atoms with van der Waals surface area (Å²) in [6.45, 7) is 7.05. The molecule has 7 rings (SSSR count). The van der Waals surface area contributed by atoms with Gasteiger partial charge in [-0.15, -0.1) is 0 Å². The number of piperazine rings is 1. The number of hydrogen-bond donors (Lipinski definition) is 5. The molecule has 0 radical (unpaired) electrons. The molecule has 2 aromatic rings. The summed E-state index contributed by atoms with van der Waals surface area (Å²) < 4.78 is 16.2. The highest BCUT2D eigenvalue weighted by atomic mass is 35.5. The van der Waals surface area contributed by atoms with E-state index < -0.39 is 40.7 Å². The third-order valence-corrected chi connectivity index (χ3v) is 12.8. The van der Waals surface area contributed by atoms with Crippen LogP contribution < -0.4 is 21.3 Å². The van der Waals surface area contributed by atoms with Gasteiger partial charge in [0.15, 0.2) is 11.0 Å². The van der Waals surface area contributed by atoms with Gasteiger partial charge in [-0.05, 0) is 92.0 Å². The smallest absolute Gasteiger partial charge is 0.322 e. The van der Waals surface area contributed by atoms with Gasteiger partial charge in [0.05, 0.1) is 6.04 Å². The van der Waals surface area contributed by atoms with Gasteiger partial charge in [-0.25, -0.2) is 9.37 Å². The number of aromatic nitrogens is 1. The lowest BCUT2D eigenvalue weighted by molar-refractivity contribution is -0.144. The van der Waals surface area contributed by atoms with Gasteiger partial charge in [0, 0.05) is 60.6 Å². The van der Waals surface area contributed by atoms with Crippen molar-refractivity contribution < 1.29 is 23.9 Å². The molecule has 4 heterocycles. The van der Waals surface area contributed by atoms with Crippen LogP contribution in [0.25, 0.3) is 0 Å². The topological polar surface area (TPSA) is 136 Å². The largest absolute Gasteiger partial charge is 0.480 e. The minimum absolute atomic E-state index is 0.0426. The standard InChI is InChI=1S/C36H45Cl2FN6O4/c1-34(2)10-12-35(13-11-34)36(24-8-5-21(37)17-25(24)43-33(36)49)27(23-9-14-41-30(38)28(23)39)29(44-35)31(46)42-22-6-3-20(4-7-22)19-45-16-15-40-18-26(45)32(47)48/h5,8-9,14,17,20,22,26-27,29,40,44H,3-4,6-7,10-13,15-16,18-19H2,1-2H3,(H,42,46)(H,43,49)(H,47,48)/t20?,22?,26-,27-,29+,36+/m0/s1. The van der Waals surface area contributed by atoms with Gasteiger partial charge in [-0.2, -0.15) is 0 Å². The predicted octanol–water partition coefficient (Wildman–Crippen LogP) is 4.85. The maximum absolute atomic E-state index is 16.2. The van der Waals surface area contributed by atoms with Crippen LogP contribution in [0.1, 0.15) is 82.3 Å². The Balaban J connectivity index is 1.20. The molecule has 1 aromatic heterocycles. The monoisotopic (exact) mass is 714 g/mol. The van der Waals surface area contributed by atoms with Gasteiger partial charge in [-0.1, -0.05) is 43.1 Å². The molecule has 13 heteroatoms. The number of nitrogens with one attached hydrogen (secondary N) is 4. The first-order valence-corrected chi connectivity index (χ1v) is 18.3. The average molecular weight is 716 g/mol. The van der Waals surface area contributed by atoms with Crippen LogP contribution >= 0.6 is 23.2 Å². The molecule has 2 saturated heterocycles. The number of carboxylic acid groups (broad SMARTS) is 1. The van der Waals surface area contributed by atoms with Crippen molar-refractivity contribution in [3.05, 3.63) is 57.6 Å². The predicted molar refractivity (Wildman–Crippen MR) is 185 cm³/mol. The second-order valence-electron chi connectivity index (χ2n) is 15.6. The molecule has 0 bridgehead atoms. The zero-order valence-corrected chi connectivity index (χ0v) is 29.5. The van der Waals surface area contributed by atoms with Gasteiger partial charge in [0.2, 0.25) is 11.8 Å². The highest BCUT2D eigenvalue weighted by Crippen LogP contribution is 2.64. The SMILES string of the molecule is CC1(C)CCC2(CC1)N[C@@H](C(=O)NC1CCC(CN3CCNC[C@H]3C(=O)O)CC1)[C@H](c1ccnc(Cl)c1F)[C@]21C(=O)Nc2cc(Cl)ccc21. The van der Waals surface area contributed by atoms with E-state index in [0.717, 1.165) is 45.1 Å². The molecule has 2 spiro atoms. The number of anilines is 1. The lowest BCUT2D eigenvalue weighted by atomic mass is 9.53. The zero-order valence-electron chi connectivity index (χ0n) is 28.0. The average Bonchev–Trinajstić information content (AvgIpc) is 3.53. The van der Waals surface area contributed by atoms with Crippen molar-refractivity contribution >= 4 is 46.7 Å². The molecule has 4 atom stereocenters. The van der Waals surface area contributed by atoms with E-state index in [0.29, 0.717) is 54.7 Å². The van der Waals surface area contributed by atoms with Crippen LogP contribution in [0.4, 0.5) is 10.1 Å². The Morgan fingerprint density at radius 1 is 1.10 bits per heavy atom. The van der Waals surface area contributed by atoms with Crippen LogP contribution in [-0.2, 0) is 19.8 Å². The van der Waals surface area contributed by atoms with Crippen molar-refractivity contribution in [3.8, 4) is 0 Å². The molecule has 5 aliphatic rings. The Kier molecular flexibility index (Phi) is 9.22. The van der Waals surface area contributed by atoms with E-state index in [1.54, 1.807) is 18.2 Å². The molecular weight excluding hydrogens is 670 g/mol. The highest BCUT2D eigenvalue weighted by Gasteiger charge is 2.73. The van der Waals surface area contributed by atoms with Crippen molar-refractivity contribution in [1.29, 1.82) is 0 Å². The zero-order chi connectivity index (χ0) is 34.7. The number of nitrogens with zero attached hydrogens (tertiary/aromatic N) is 2. The fourth-order valence-corrected chi connectivity index (χ4v) is 9.99. The first kappa shape index (κ1) is 34.6. The number of halogens is 3. The molecule has 264 valence electrons. The Hall–Kier alpha value is -2.83. The lowest BCUT2D eigenvalue weighted by Crippen LogP contribution is -2.61. The number of amides is 2. The molecule has 4 fully saturated rings. The molecule has 5 N–H and O–H groups in total. The number of fused-ring (bicyclic) bond motifs is 3. The van der Waals surface area contributed by atoms with Crippen molar-refractivity contribution in [2.45, 2.75) is 100 Å². The molecule has 49 heavy (non-hydrogen) atoms. The van der Waals surface area contributed by atoms with Crippen LogP contribution in [0.15, 0.2) is 30.5 Å². The highest BCUT2D eigenvalue weighted by molar-refractivity contribution is 6.31. The van der Waals surface area contributed by atoms with Crippen molar-refractivity contribution in [1.82, 2.24) is 25.8 Å². The lowest BCUT2D eigenvalue weighted by Gasteiger charge is -2.50. The summed E-state index contributed by atoms with van der Waals surface area (Å²) in [7, 11) is 0. The summed E-state index contributed by atoms with van der Waals surface area (Å²) in [5.41, 5.74) is -0.667. The Bertz CT molecular complexity index is 1640. The number of aliphatic carboxylic acids is 1. The molecule has 0 unspecified atom stereocenters. The summed E-state index contributed by atoms with van der Waals surface area (Å²) in [6, 6.07) is 5.31. The quantitative estimate of drug-likeness (QED) is 0.268. The second-order valence-corrected chi connectivity index (χ2v) is 16.4. The van der Waals surface area contributed by atoms with Crippen molar-refractivity contribution in [2.75, 3.05) is 31.5 Å². The Morgan fingerprint density at radius 2 is 1.84 bits per heavy atom. The van der Waals surface area contributed by atoms with Crippen LogP contribution in [0.5, 0.6) is 0 Å². The fraction of sp³-hybridized carbons (Fsp3) is 0.611. The van der Waals surface area contributed by atoms with Crippen LogP contribution in [0.3, 0.4) is 0 Å². The number of benzene rings is 1. The molecule has 2 aliphatic carbocycles. The molecule has 2 amide bonds. The molecule has 10 nitrogen and oxygen atoms in total. The van der Waals surface area contributed by atoms with E-state index in [9.17, 15) is 19.5 Å². The second kappa shape index (κ2) is 13.1. The number of rotatable bonds is 6. The van der Waals surface area contributed by atoms with Crippen LogP contribution in [0.2, 0.25) is 10.2 Å². The first-order chi connectivity index (χ1) is 23.3. The van der Waals surface area contributed by atoms with E-state index in [4.69, 9.17) is 23.2 Å². The minimum atomic E-state index is -1.32. The first-order valence-electron chi connectivity index (χ1n) is 17.5. The number of carbonyl (C=O) groups excluding carboxylic acids is 2. The van der Waals surface area contributed by atoms with Crippen molar-refractivity contribution in [3.63, 3.8) is 0 Å². The van der Waals surface area contributed by atoms with Gasteiger partial charge in [0.1, 0.15) is 11.5 Å². The molecule has 2 saturated carbocycles. The Morgan fingerprint density at radius 3 is 2.55 bits per heavy atom. The number of hydrogen-bond acceptors (Lipinski definition) is 7. The molecule has 1 aromatic carbocycles. The fourth-order valence-electron chi connectivity index (χ4n) is 9.65. The number of carboxylic acids is 1. The number of carbonyl (C=O) groups is 3. The van der Waals surface area contributed by atoms with E-state index >= 15 is 4.39 Å². The Labute approximate surface area is 296 Å². The van der Waals surface area contributed by atoms with E-state index in [1.807, 2.05) is 6.07 Å². The summed E-state index contributed by atoms with van der Waals surface area (Å²) in [5, 5.41) is 23.1. The van der Waals surface area contributed by atoms with Gasteiger partial charge < -0.3 is 21.1 Å². The molecular formula is C36H45Cl2FN6O4. The maximum Gasteiger partial charge on any atom is 0.322 e. The molecule has 3 aliphatic heterocycles. The van der Waals surface area contributed by atoms with Crippen molar-refractivity contribution in [2.24, 2.45) is 11.3 Å². The van der Waals surface area contributed by atoms with Crippen LogP contribution in [0, 0.1) is 17.2 Å². The van der Waals surface area contributed by atoms with Crippen LogP contribution in [-0.4, -0.2) is 82.6 Å². The third-order valence-electron chi connectivity index (χ3n) is 12.3. The minimum Gasteiger partial charge on any atom is -0.480 e. The number of pyridine rings is 1. The van der Waals surface area contributed by atoms with E-state index in [-0.39, 0.29) is 34.0 Å². The van der Waals surface area contributed by atoms with E-state index in [1.165, 1.54) is 6.20 Å². The summed E-state index contributed by atoms with van der Waals surface area (Å²) >= 11 is 12.7. The third kappa shape index (κ3) is 5.93. The normalized spacial score (nSPS) is 32.2. The summed E-state index contributed by atoms with van der Waals surface area (Å²) in [4.78, 5) is 47.1.